The van der Waals surface area contributed by atoms with Crippen molar-refractivity contribution < 1.29 is 43.4 Å². The quantitative estimate of drug-likeness (QED) is 0.265. The fourth-order valence-corrected chi connectivity index (χ4v) is 2.49. The largest absolute Gasteiger partial charge is 0.479 e. The third kappa shape index (κ3) is 6.79. The van der Waals surface area contributed by atoms with Gasteiger partial charge in [0.2, 0.25) is 0 Å². The highest BCUT2D eigenvalue weighted by Crippen LogP contribution is 2.31. The van der Waals surface area contributed by atoms with Crippen molar-refractivity contribution in [2.75, 3.05) is 0 Å². The smallest absolute Gasteiger partial charge is 0.408 e. The third-order valence-electron chi connectivity index (χ3n) is 3.83. The van der Waals surface area contributed by atoms with Crippen LogP contribution in [-0.4, -0.2) is 34.0 Å². The second-order valence-electron chi connectivity index (χ2n) is 6.31. The highest BCUT2D eigenvalue weighted by Gasteiger charge is 2.25. The number of nitro groups is 1. The van der Waals surface area contributed by atoms with Crippen molar-refractivity contribution in [2.45, 2.75) is 26.5 Å². The zero-order valence-corrected chi connectivity index (χ0v) is 16.9. The second-order valence-corrected chi connectivity index (χ2v) is 6.31. The first-order valence-corrected chi connectivity index (χ1v) is 8.97. The van der Waals surface area contributed by atoms with E-state index in [9.17, 15) is 34.4 Å². The molecule has 0 saturated heterocycles. The number of nitrogens with zero attached hydrogens (tertiary/aromatic N) is 1. The average molecular weight is 446 g/mol. The van der Waals surface area contributed by atoms with Crippen LogP contribution in [0.15, 0.2) is 42.5 Å². The Kier molecular flexibility index (Phi) is 7.82. The number of carboxylic acids is 1. The molecule has 32 heavy (non-hydrogen) atoms. The molecular weight excluding hydrogens is 428 g/mol. The van der Waals surface area contributed by atoms with Crippen molar-refractivity contribution in [2.24, 2.45) is 0 Å². The van der Waals surface area contributed by atoms with E-state index in [1.165, 1.54) is 36.4 Å². The Morgan fingerprint density at radius 1 is 1.00 bits per heavy atom. The molecule has 0 aromatic heterocycles. The maximum absolute atomic E-state index is 12.1. The van der Waals surface area contributed by atoms with Gasteiger partial charge in [0.05, 0.1) is 4.92 Å². The summed E-state index contributed by atoms with van der Waals surface area (Å²) in [6.45, 7) is 1.97. The van der Waals surface area contributed by atoms with Gasteiger partial charge in [0.1, 0.15) is 6.61 Å². The van der Waals surface area contributed by atoms with Crippen molar-refractivity contribution in [3.63, 3.8) is 0 Å². The molecule has 2 N–H and O–H groups in total. The van der Waals surface area contributed by atoms with Crippen molar-refractivity contribution in [3.05, 3.63) is 63.7 Å². The first-order valence-electron chi connectivity index (χ1n) is 8.97. The van der Waals surface area contributed by atoms with Gasteiger partial charge in [0.25, 0.3) is 5.69 Å². The van der Waals surface area contributed by atoms with Crippen LogP contribution in [-0.2, 0) is 25.7 Å². The minimum absolute atomic E-state index is 0.0111. The molecule has 2 aromatic rings. The number of alkyl carbamates (subject to hydrolysis) is 1. The lowest BCUT2D eigenvalue weighted by Crippen LogP contribution is -2.34. The molecule has 0 heterocycles. The number of aliphatic carboxylic acids is 1. The molecule has 2 rings (SSSR count). The highest BCUT2D eigenvalue weighted by molar-refractivity contribution is 5.82. The summed E-state index contributed by atoms with van der Waals surface area (Å²) in [7, 11) is 0. The lowest BCUT2D eigenvalue weighted by molar-refractivity contribution is -0.384. The molecule has 1 unspecified atom stereocenters. The number of rotatable bonds is 8. The standard InChI is InChI=1S/C20H18N2O10/c1-11(23)31-16-8-5-14(9-17(16)32-12(2)24)18(19(25)26)21-20(27)30-10-13-3-6-15(7-4-13)22(28)29/h3-9,18H,10H2,1-2H3,(H,21,27)(H,25,26). The van der Waals surface area contributed by atoms with Crippen LogP contribution in [0.3, 0.4) is 0 Å². The number of nitrogens with one attached hydrogen (secondary N) is 1. The first kappa shape index (κ1) is 23.8. The molecule has 0 saturated carbocycles. The molecule has 1 amide bonds. The minimum Gasteiger partial charge on any atom is -0.479 e. The molecule has 2 aromatic carbocycles. The highest BCUT2D eigenvalue weighted by atomic mass is 16.6. The summed E-state index contributed by atoms with van der Waals surface area (Å²) in [6.07, 6.45) is -1.08. The Hall–Kier alpha value is -4.48. The van der Waals surface area contributed by atoms with Crippen LogP contribution in [0.5, 0.6) is 11.5 Å². The van der Waals surface area contributed by atoms with Crippen LogP contribution >= 0.6 is 0 Å². The SMILES string of the molecule is CC(=O)Oc1ccc(C(NC(=O)OCc2ccc([N+](=O)[O-])cc2)C(=O)O)cc1OC(C)=O. The van der Waals surface area contributed by atoms with E-state index in [2.05, 4.69) is 5.32 Å². The maximum Gasteiger partial charge on any atom is 0.408 e. The van der Waals surface area contributed by atoms with E-state index in [0.717, 1.165) is 19.9 Å². The van der Waals surface area contributed by atoms with Crippen molar-refractivity contribution in [1.29, 1.82) is 0 Å². The molecule has 0 spiro atoms. The number of nitro benzene ring substituents is 1. The van der Waals surface area contributed by atoms with E-state index < -0.39 is 35.0 Å². The fourth-order valence-electron chi connectivity index (χ4n) is 2.49. The number of carbonyl (C=O) groups is 4. The van der Waals surface area contributed by atoms with Gasteiger partial charge in [-0.15, -0.1) is 0 Å². The van der Waals surface area contributed by atoms with Crippen molar-refractivity contribution >= 4 is 29.7 Å². The maximum atomic E-state index is 12.1. The van der Waals surface area contributed by atoms with Gasteiger partial charge in [0.15, 0.2) is 17.5 Å². The van der Waals surface area contributed by atoms with Gasteiger partial charge in [-0.3, -0.25) is 19.7 Å². The van der Waals surface area contributed by atoms with E-state index in [0.29, 0.717) is 5.56 Å². The summed E-state index contributed by atoms with van der Waals surface area (Å²) in [5, 5.41) is 22.3. The van der Waals surface area contributed by atoms with Crippen LogP contribution < -0.4 is 14.8 Å². The number of amides is 1. The average Bonchev–Trinajstić information content (AvgIpc) is 2.71. The Morgan fingerprint density at radius 3 is 2.12 bits per heavy atom. The second kappa shape index (κ2) is 10.5. The monoisotopic (exact) mass is 446 g/mol. The van der Waals surface area contributed by atoms with Crippen LogP contribution in [0.1, 0.15) is 31.0 Å². The molecule has 0 fully saturated rings. The lowest BCUT2D eigenvalue weighted by atomic mass is 10.1. The molecular formula is C20H18N2O10. The third-order valence-corrected chi connectivity index (χ3v) is 3.83. The number of hydrogen-bond donors (Lipinski definition) is 2. The Morgan fingerprint density at radius 2 is 1.59 bits per heavy atom. The summed E-state index contributed by atoms with van der Waals surface area (Å²) in [6, 6.07) is 7.28. The topological polar surface area (TPSA) is 171 Å². The first-order chi connectivity index (χ1) is 15.1. The van der Waals surface area contributed by atoms with Crippen LogP contribution in [0.25, 0.3) is 0 Å². The fraction of sp³-hybridized carbons (Fsp3) is 0.200. The van der Waals surface area contributed by atoms with E-state index in [-0.39, 0.29) is 29.4 Å². The van der Waals surface area contributed by atoms with Gasteiger partial charge in [-0.25, -0.2) is 9.59 Å². The number of non-ortho nitro benzene ring substituents is 1. The van der Waals surface area contributed by atoms with Gasteiger partial charge in [-0.2, -0.15) is 0 Å². The number of hydrogen-bond acceptors (Lipinski definition) is 9. The van der Waals surface area contributed by atoms with Gasteiger partial charge in [0, 0.05) is 26.0 Å². The van der Waals surface area contributed by atoms with Crippen molar-refractivity contribution in [1.82, 2.24) is 5.32 Å². The van der Waals surface area contributed by atoms with Gasteiger partial charge in [-0.05, 0) is 35.4 Å². The summed E-state index contributed by atoms with van der Waals surface area (Å²) >= 11 is 0. The summed E-state index contributed by atoms with van der Waals surface area (Å²) in [5.74, 6) is -3.18. The number of carbonyl (C=O) groups excluding carboxylic acids is 3. The number of esters is 2. The molecule has 0 aliphatic heterocycles. The van der Waals surface area contributed by atoms with E-state index >= 15 is 0 Å². The molecule has 0 radical (unpaired) electrons. The predicted molar refractivity (Wildman–Crippen MR) is 106 cm³/mol. The van der Waals surface area contributed by atoms with Gasteiger partial charge < -0.3 is 24.6 Å². The van der Waals surface area contributed by atoms with Gasteiger partial charge >= 0.3 is 24.0 Å². The van der Waals surface area contributed by atoms with Gasteiger partial charge in [-0.1, -0.05) is 6.07 Å². The Balaban J connectivity index is 2.14. The van der Waals surface area contributed by atoms with E-state index in [4.69, 9.17) is 14.2 Å². The number of carboxylic acid groups (broad SMARTS) is 1. The van der Waals surface area contributed by atoms with Crippen LogP contribution in [0, 0.1) is 10.1 Å². The van der Waals surface area contributed by atoms with Crippen molar-refractivity contribution in [3.8, 4) is 11.5 Å². The normalized spacial score (nSPS) is 11.1. The number of benzene rings is 2. The van der Waals surface area contributed by atoms with E-state index in [1.807, 2.05) is 0 Å². The molecule has 0 bridgehead atoms. The summed E-state index contributed by atoms with van der Waals surface area (Å²) in [5.41, 5.74) is 0.322. The summed E-state index contributed by atoms with van der Waals surface area (Å²) in [4.78, 5) is 56.4. The zero-order valence-electron chi connectivity index (χ0n) is 16.9. The molecule has 0 aliphatic carbocycles. The molecule has 12 heteroatoms. The molecule has 1 atom stereocenters. The number of ether oxygens (including phenoxy) is 3. The summed E-state index contributed by atoms with van der Waals surface area (Å²) < 4.78 is 14.8. The molecule has 12 nitrogen and oxygen atoms in total. The molecule has 168 valence electrons. The Labute approximate surface area is 180 Å². The van der Waals surface area contributed by atoms with E-state index in [1.54, 1.807) is 0 Å². The lowest BCUT2D eigenvalue weighted by Gasteiger charge is -2.17. The predicted octanol–water partition coefficient (Wildman–Crippen LogP) is 2.50. The molecule has 0 aliphatic rings. The zero-order chi connectivity index (χ0) is 23.8. The van der Waals surface area contributed by atoms with Crippen LogP contribution in [0.4, 0.5) is 10.5 Å². The minimum atomic E-state index is -1.58. The Bertz CT molecular complexity index is 1050. The van der Waals surface area contributed by atoms with Crippen LogP contribution in [0.2, 0.25) is 0 Å².